The Morgan fingerprint density at radius 1 is 1.25 bits per heavy atom. The van der Waals surface area contributed by atoms with Crippen LogP contribution in [0.25, 0.3) is 10.9 Å². The van der Waals surface area contributed by atoms with Gasteiger partial charge >= 0.3 is 6.03 Å². The van der Waals surface area contributed by atoms with Crippen LogP contribution >= 0.6 is 0 Å². The van der Waals surface area contributed by atoms with Crippen molar-refractivity contribution in [2.24, 2.45) is 0 Å². The number of nitrogens with one attached hydrogen (secondary N) is 3. The highest BCUT2D eigenvalue weighted by Gasteiger charge is 2.08. The van der Waals surface area contributed by atoms with Crippen LogP contribution in [0.3, 0.4) is 0 Å². The fourth-order valence-corrected chi connectivity index (χ4v) is 1.87. The largest absolute Gasteiger partial charge is 0.341 e. The molecule has 0 fully saturated rings. The maximum Gasteiger partial charge on any atom is 0.314 e. The average Bonchev–Trinajstić information content (AvgIpc) is 2.48. The number of aromatic nitrogens is 1. The Morgan fingerprint density at radius 3 is 2.80 bits per heavy atom. The summed E-state index contributed by atoms with van der Waals surface area (Å²) in [5, 5.41) is 8.46. The van der Waals surface area contributed by atoms with Gasteiger partial charge in [-0.25, -0.2) is 4.79 Å². The molecule has 3 N–H and O–H groups in total. The highest BCUT2D eigenvalue weighted by molar-refractivity contribution is 6.03. The van der Waals surface area contributed by atoms with E-state index >= 15 is 0 Å². The van der Waals surface area contributed by atoms with Gasteiger partial charge in [0.2, 0.25) is 5.91 Å². The summed E-state index contributed by atoms with van der Waals surface area (Å²) in [6.45, 7) is 1.88. The number of aryl methyl sites for hydroxylation is 1. The molecule has 0 aliphatic carbocycles. The van der Waals surface area contributed by atoms with Crippen LogP contribution < -0.4 is 16.0 Å². The molecule has 0 saturated carbocycles. The smallest absolute Gasteiger partial charge is 0.314 e. The van der Waals surface area contributed by atoms with Crippen LogP contribution in [-0.4, -0.2) is 30.5 Å². The van der Waals surface area contributed by atoms with E-state index in [1.165, 1.54) is 7.05 Å². The summed E-state index contributed by atoms with van der Waals surface area (Å²) in [4.78, 5) is 27.1. The number of carbonyl (C=O) groups excluding carboxylic acids is 2. The Balaban J connectivity index is 2.16. The number of nitrogens with zero attached hydrogens (tertiary/aromatic N) is 1. The van der Waals surface area contributed by atoms with Gasteiger partial charge in [-0.3, -0.25) is 9.78 Å². The lowest BCUT2D eigenvalue weighted by atomic mass is 10.1. The van der Waals surface area contributed by atoms with Crippen LogP contribution in [0.2, 0.25) is 0 Å². The van der Waals surface area contributed by atoms with E-state index in [4.69, 9.17) is 0 Å². The van der Waals surface area contributed by atoms with Crippen LogP contribution in [-0.2, 0) is 4.79 Å². The molecule has 20 heavy (non-hydrogen) atoms. The van der Waals surface area contributed by atoms with Crippen LogP contribution in [0.5, 0.6) is 0 Å². The SMILES string of the molecule is CNC(=O)NCC(=O)Nc1ccc(C)c2ncccc12. The van der Waals surface area contributed by atoms with Crippen LogP contribution in [0.1, 0.15) is 5.56 Å². The van der Waals surface area contributed by atoms with E-state index in [9.17, 15) is 9.59 Å². The fraction of sp³-hybridized carbons (Fsp3) is 0.214. The van der Waals surface area contributed by atoms with Gasteiger partial charge in [0.15, 0.2) is 0 Å². The molecular weight excluding hydrogens is 256 g/mol. The zero-order valence-corrected chi connectivity index (χ0v) is 11.4. The first-order valence-electron chi connectivity index (χ1n) is 6.21. The zero-order chi connectivity index (χ0) is 14.5. The van der Waals surface area contributed by atoms with Gasteiger partial charge in [0.1, 0.15) is 0 Å². The van der Waals surface area contributed by atoms with Gasteiger partial charge in [0.05, 0.1) is 17.7 Å². The minimum Gasteiger partial charge on any atom is -0.341 e. The maximum atomic E-state index is 11.8. The number of hydrogen-bond acceptors (Lipinski definition) is 3. The van der Waals surface area contributed by atoms with E-state index < -0.39 is 6.03 Å². The minimum absolute atomic E-state index is 0.0880. The quantitative estimate of drug-likeness (QED) is 0.790. The Hall–Kier alpha value is -2.63. The first-order valence-corrected chi connectivity index (χ1v) is 6.21. The second-order valence-corrected chi connectivity index (χ2v) is 4.31. The molecule has 0 saturated heterocycles. The summed E-state index contributed by atoms with van der Waals surface area (Å²) in [6, 6.07) is 7.06. The Kier molecular flexibility index (Phi) is 4.14. The lowest BCUT2D eigenvalue weighted by Gasteiger charge is -2.10. The second kappa shape index (κ2) is 6.01. The van der Waals surface area contributed by atoms with Gasteiger partial charge in [-0.15, -0.1) is 0 Å². The average molecular weight is 272 g/mol. The van der Waals surface area contributed by atoms with Crippen molar-refractivity contribution in [2.75, 3.05) is 18.9 Å². The van der Waals surface area contributed by atoms with Crippen molar-refractivity contribution in [3.05, 3.63) is 36.0 Å². The van der Waals surface area contributed by atoms with Crippen molar-refractivity contribution in [3.63, 3.8) is 0 Å². The van der Waals surface area contributed by atoms with E-state index in [0.29, 0.717) is 5.69 Å². The molecule has 0 aliphatic rings. The van der Waals surface area contributed by atoms with Crippen molar-refractivity contribution in [1.82, 2.24) is 15.6 Å². The van der Waals surface area contributed by atoms with Crippen molar-refractivity contribution in [1.29, 1.82) is 0 Å². The van der Waals surface area contributed by atoms with E-state index in [0.717, 1.165) is 16.5 Å². The van der Waals surface area contributed by atoms with Crippen molar-refractivity contribution < 1.29 is 9.59 Å². The van der Waals surface area contributed by atoms with Crippen molar-refractivity contribution in [2.45, 2.75) is 6.92 Å². The minimum atomic E-state index is -0.393. The molecule has 1 aromatic carbocycles. The monoisotopic (exact) mass is 272 g/mol. The summed E-state index contributed by atoms with van der Waals surface area (Å²) in [7, 11) is 1.49. The van der Waals surface area contributed by atoms with Gasteiger partial charge in [0, 0.05) is 18.6 Å². The number of carbonyl (C=O) groups is 2. The summed E-state index contributed by atoms with van der Waals surface area (Å²) < 4.78 is 0. The molecule has 6 nitrogen and oxygen atoms in total. The highest BCUT2D eigenvalue weighted by atomic mass is 16.2. The molecule has 0 aliphatic heterocycles. The maximum absolute atomic E-state index is 11.8. The van der Waals surface area contributed by atoms with Gasteiger partial charge in [-0.1, -0.05) is 6.07 Å². The fourth-order valence-electron chi connectivity index (χ4n) is 1.87. The number of amides is 3. The van der Waals surface area contributed by atoms with Gasteiger partial charge in [-0.2, -0.15) is 0 Å². The van der Waals surface area contributed by atoms with Crippen LogP contribution in [0.15, 0.2) is 30.5 Å². The third kappa shape index (κ3) is 3.03. The predicted octanol–water partition coefficient (Wildman–Crippen LogP) is 1.41. The molecule has 1 heterocycles. The summed E-state index contributed by atoms with van der Waals surface area (Å²) in [5.41, 5.74) is 2.58. The Labute approximate surface area is 116 Å². The first kappa shape index (κ1) is 13.8. The number of hydrogen-bond donors (Lipinski definition) is 3. The van der Waals surface area contributed by atoms with Gasteiger partial charge in [-0.05, 0) is 30.7 Å². The number of urea groups is 1. The standard InChI is InChI=1S/C14H16N4O2/c1-9-5-6-11(10-4-3-7-16-13(9)10)18-12(19)8-17-14(20)15-2/h3-7H,8H2,1-2H3,(H,18,19)(H2,15,17,20). The van der Waals surface area contributed by atoms with Gasteiger partial charge in [0.25, 0.3) is 0 Å². The molecule has 1 aromatic heterocycles. The van der Waals surface area contributed by atoms with E-state index in [-0.39, 0.29) is 12.5 Å². The van der Waals surface area contributed by atoms with Crippen molar-refractivity contribution in [3.8, 4) is 0 Å². The van der Waals surface area contributed by atoms with Crippen LogP contribution in [0.4, 0.5) is 10.5 Å². The van der Waals surface area contributed by atoms with E-state index in [1.54, 1.807) is 6.20 Å². The molecule has 0 unspecified atom stereocenters. The number of pyridine rings is 1. The number of rotatable bonds is 3. The summed E-state index contributed by atoms with van der Waals surface area (Å²) in [6.07, 6.45) is 1.72. The first-order chi connectivity index (χ1) is 9.61. The molecule has 104 valence electrons. The molecule has 0 bridgehead atoms. The molecule has 0 spiro atoms. The topological polar surface area (TPSA) is 83.1 Å². The lowest BCUT2D eigenvalue weighted by molar-refractivity contribution is -0.115. The highest BCUT2D eigenvalue weighted by Crippen LogP contribution is 2.24. The summed E-state index contributed by atoms with van der Waals surface area (Å²) >= 11 is 0. The Morgan fingerprint density at radius 2 is 2.05 bits per heavy atom. The van der Waals surface area contributed by atoms with Gasteiger partial charge < -0.3 is 16.0 Å². The third-order valence-corrected chi connectivity index (χ3v) is 2.88. The van der Waals surface area contributed by atoms with E-state index in [1.807, 2.05) is 31.2 Å². The molecule has 2 aromatic rings. The number of anilines is 1. The molecule has 2 rings (SSSR count). The molecule has 3 amide bonds. The van der Waals surface area contributed by atoms with Crippen LogP contribution in [0, 0.1) is 6.92 Å². The summed E-state index contributed by atoms with van der Waals surface area (Å²) in [5.74, 6) is -0.289. The molecule has 6 heteroatoms. The molecule has 0 atom stereocenters. The third-order valence-electron chi connectivity index (χ3n) is 2.88. The Bertz CT molecular complexity index is 655. The lowest BCUT2D eigenvalue weighted by Crippen LogP contribution is -2.38. The van der Waals surface area contributed by atoms with Crippen molar-refractivity contribution >= 4 is 28.5 Å². The van der Waals surface area contributed by atoms with E-state index in [2.05, 4.69) is 20.9 Å². The second-order valence-electron chi connectivity index (χ2n) is 4.31. The number of benzene rings is 1. The zero-order valence-electron chi connectivity index (χ0n) is 11.4. The normalized spacial score (nSPS) is 10.1. The molecular formula is C14H16N4O2. The predicted molar refractivity (Wildman–Crippen MR) is 77.6 cm³/mol. The number of fused-ring (bicyclic) bond motifs is 1. The molecule has 0 radical (unpaired) electrons.